The molecule has 0 unspecified atom stereocenters. The number of likely N-dealkylation sites (tertiary alicyclic amines) is 1. The van der Waals surface area contributed by atoms with Gasteiger partial charge in [-0.3, -0.25) is 14.6 Å². The molecule has 1 heterocycles. The number of methoxy groups -OCH3 is 1. The molecular formula is C17H25N3O3. The minimum Gasteiger partial charge on any atom is -0.497 e. The van der Waals surface area contributed by atoms with Crippen LogP contribution in [0.2, 0.25) is 0 Å². The number of nitrogens with zero attached hydrogens (tertiary/aromatic N) is 2. The molecule has 2 rings (SSSR count). The van der Waals surface area contributed by atoms with Gasteiger partial charge in [0.05, 0.1) is 7.11 Å². The second-order valence-electron chi connectivity index (χ2n) is 5.73. The van der Waals surface area contributed by atoms with Crippen molar-refractivity contribution in [1.82, 2.24) is 15.3 Å². The Hall–Kier alpha value is -2.08. The van der Waals surface area contributed by atoms with Gasteiger partial charge in [0.2, 0.25) is 11.8 Å². The molecule has 1 aliphatic rings. The average Bonchev–Trinajstić information content (AvgIpc) is 2.59. The van der Waals surface area contributed by atoms with Crippen LogP contribution in [0.4, 0.5) is 0 Å². The molecule has 6 heteroatoms. The lowest BCUT2D eigenvalue weighted by atomic mass is 10.1. The van der Waals surface area contributed by atoms with Crippen LogP contribution in [-0.4, -0.2) is 48.5 Å². The summed E-state index contributed by atoms with van der Waals surface area (Å²) in [4.78, 5) is 25.9. The van der Waals surface area contributed by atoms with E-state index in [4.69, 9.17) is 4.74 Å². The predicted molar refractivity (Wildman–Crippen MR) is 87.7 cm³/mol. The number of benzene rings is 1. The molecule has 1 aromatic rings. The molecule has 2 amide bonds. The first-order valence-corrected chi connectivity index (χ1v) is 8.02. The molecule has 0 aliphatic carbocycles. The van der Waals surface area contributed by atoms with E-state index in [1.54, 1.807) is 7.11 Å². The third-order valence-electron chi connectivity index (χ3n) is 4.02. The lowest BCUT2D eigenvalue weighted by molar-refractivity contribution is -0.142. The van der Waals surface area contributed by atoms with Gasteiger partial charge in [-0.15, -0.1) is 0 Å². The van der Waals surface area contributed by atoms with Crippen LogP contribution in [-0.2, 0) is 16.1 Å². The molecule has 126 valence electrons. The van der Waals surface area contributed by atoms with E-state index in [2.05, 4.69) is 5.43 Å². The van der Waals surface area contributed by atoms with Gasteiger partial charge in [0.25, 0.3) is 0 Å². The van der Waals surface area contributed by atoms with Crippen molar-refractivity contribution < 1.29 is 14.3 Å². The van der Waals surface area contributed by atoms with Gasteiger partial charge in [-0.1, -0.05) is 12.1 Å². The van der Waals surface area contributed by atoms with Crippen molar-refractivity contribution in [3.8, 4) is 5.75 Å². The lowest BCUT2D eigenvalue weighted by Crippen LogP contribution is -2.49. The zero-order chi connectivity index (χ0) is 16.7. The number of nitrogens with one attached hydrogen (secondary N) is 1. The number of carbonyl (C=O) groups is 2. The fourth-order valence-corrected chi connectivity index (χ4v) is 2.59. The molecule has 1 aliphatic heterocycles. The molecular weight excluding hydrogens is 294 g/mol. The average molecular weight is 319 g/mol. The Bertz CT molecular complexity index is 524. The fourth-order valence-electron chi connectivity index (χ4n) is 2.59. The third kappa shape index (κ3) is 5.25. The Labute approximate surface area is 137 Å². The largest absolute Gasteiger partial charge is 0.497 e. The summed E-state index contributed by atoms with van der Waals surface area (Å²) < 4.78 is 5.12. The van der Waals surface area contributed by atoms with Crippen LogP contribution in [0.5, 0.6) is 5.75 Å². The maximum absolute atomic E-state index is 12.3. The Kier molecular flexibility index (Phi) is 6.40. The van der Waals surface area contributed by atoms with Gasteiger partial charge in [0.1, 0.15) is 12.3 Å². The molecule has 1 saturated heterocycles. The Balaban J connectivity index is 1.87. The zero-order valence-corrected chi connectivity index (χ0v) is 13.9. The number of carbonyl (C=O) groups excluding carboxylic acids is 2. The number of piperidine rings is 1. The molecule has 0 bridgehead atoms. The summed E-state index contributed by atoms with van der Waals surface area (Å²) >= 11 is 0. The molecule has 23 heavy (non-hydrogen) atoms. The van der Waals surface area contributed by atoms with Gasteiger partial charge in [-0.05, 0) is 37.0 Å². The van der Waals surface area contributed by atoms with Gasteiger partial charge >= 0.3 is 0 Å². The number of amides is 2. The summed E-state index contributed by atoms with van der Waals surface area (Å²) in [5.41, 5.74) is 4.05. The smallest absolute Gasteiger partial charge is 0.243 e. The van der Waals surface area contributed by atoms with Gasteiger partial charge < -0.3 is 9.64 Å². The maximum atomic E-state index is 12.3. The van der Waals surface area contributed by atoms with E-state index in [-0.39, 0.29) is 18.4 Å². The van der Waals surface area contributed by atoms with Gasteiger partial charge in [0, 0.05) is 26.6 Å². The SMILES string of the molecule is COc1ccc(CNN(CC(=O)N2CCCCC2)C(C)=O)cc1. The maximum Gasteiger partial charge on any atom is 0.243 e. The number of rotatable bonds is 6. The van der Waals surface area contributed by atoms with Gasteiger partial charge in [0.15, 0.2) is 0 Å². The first-order valence-electron chi connectivity index (χ1n) is 8.02. The molecule has 0 aromatic heterocycles. The summed E-state index contributed by atoms with van der Waals surface area (Å²) in [6.45, 7) is 3.61. The molecule has 1 fully saturated rings. The zero-order valence-electron chi connectivity index (χ0n) is 13.9. The highest BCUT2D eigenvalue weighted by atomic mass is 16.5. The normalized spacial score (nSPS) is 14.4. The van der Waals surface area contributed by atoms with E-state index in [1.165, 1.54) is 18.4 Å². The van der Waals surface area contributed by atoms with Crippen molar-refractivity contribution >= 4 is 11.8 Å². The minimum absolute atomic E-state index is 0.00197. The second-order valence-corrected chi connectivity index (χ2v) is 5.73. The highest BCUT2D eigenvalue weighted by Gasteiger charge is 2.20. The van der Waals surface area contributed by atoms with Crippen molar-refractivity contribution in [3.05, 3.63) is 29.8 Å². The molecule has 0 saturated carbocycles. The van der Waals surface area contributed by atoms with E-state index in [9.17, 15) is 9.59 Å². The molecule has 1 aromatic carbocycles. The standard InChI is InChI=1S/C17H25N3O3/c1-14(21)20(13-17(22)19-10-4-3-5-11-19)18-12-15-6-8-16(23-2)9-7-15/h6-9,18H,3-5,10-13H2,1-2H3. The molecule has 0 spiro atoms. The molecule has 1 N–H and O–H groups in total. The van der Waals surface area contributed by atoms with Gasteiger partial charge in [-0.2, -0.15) is 0 Å². The second kappa shape index (κ2) is 8.53. The summed E-state index contributed by atoms with van der Waals surface area (Å²) in [7, 11) is 1.62. The van der Waals surface area contributed by atoms with Gasteiger partial charge in [-0.25, -0.2) is 5.43 Å². The van der Waals surface area contributed by atoms with E-state index in [0.29, 0.717) is 6.54 Å². The van der Waals surface area contributed by atoms with Crippen LogP contribution in [0, 0.1) is 0 Å². The highest BCUT2D eigenvalue weighted by molar-refractivity contribution is 5.83. The summed E-state index contributed by atoms with van der Waals surface area (Å²) in [6, 6.07) is 7.59. The van der Waals surface area contributed by atoms with Crippen molar-refractivity contribution in [3.63, 3.8) is 0 Å². The number of hydrogen-bond acceptors (Lipinski definition) is 4. The first-order chi connectivity index (χ1) is 11.1. The monoisotopic (exact) mass is 319 g/mol. The first kappa shape index (κ1) is 17.3. The third-order valence-corrected chi connectivity index (χ3v) is 4.02. The predicted octanol–water partition coefficient (Wildman–Crippen LogP) is 1.56. The van der Waals surface area contributed by atoms with Crippen LogP contribution in [0.15, 0.2) is 24.3 Å². The summed E-state index contributed by atoms with van der Waals surface area (Å²) in [5, 5.41) is 1.39. The molecule has 0 atom stereocenters. The van der Waals surface area contributed by atoms with Crippen LogP contribution in [0.3, 0.4) is 0 Å². The lowest BCUT2D eigenvalue weighted by Gasteiger charge is -2.29. The Morgan fingerprint density at radius 2 is 1.83 bits per heavy atom. The van der Waals surface area contributed by atoms with E-state index < -0.39 is 0 Å². The Morgan fingerprint density at radius 1 is 1.17 bits per heavy atom. The van der Waals surface area contributed by atoms with Crippen molar-refractivity contribution in [2.75, 3.05) is 26.7 Å². The quantitative estimate of drug-likeness (QED) is 0.808. The van der Waals surface area contributed by atoms with E-state index in [0.717, 1.165) is 37.2 Å². The van der Waals surface area contributed by atoms with Crippen molar-refractivity contribution in [2.24, 2.45) is 0 Å². The van der Waals surface area contributed by atoms with Crippen LogP contribution >= 0.6 is 0 Å². The fraction of sp³-hybridized carbons (Fsp3) is 0.529. The highest BCUT2D eigenvalue weighted by Crippen LogP contribution is 2.11. The van der Waals surface area contributed by atoms with E-state index in [1.807, 2.05) is 29.2 Å². The number of ether oxygens (including phenoxy) is 1. The van der Waals surface area contributed by atoms with Crippen molar-refractivity contribution in [1.29, 1.82) is 0 Å². The summed E-state index contributed by atoms with van der Waals surface area (Å²) in [5.74, 6) is 0.628. The molecule has 0 radical (unpaired) electrons. The minimum atomic E-state index is -0.163. The Morgan fingerprint density at radius 3 is 2.39 bits per heavy atom. The van der Waals surface area contributed by atoms with Crippen LogP contribution in [0.25, 0.3) is 0 Å². The van der Waals surface area contributed by atoms with Crippen LogP contribution in [0.1, 0.15) is 31.7 Å². The number of hydrogen-bond donors (Lipinski definition) is 1. The van der Waals surface area contributed by atoms with Crippen LogP contribution < -0.4 is 10.2 Å². The topological polar surface area (TPSA) is 61.9 Å². The molecule has 6 nitrogen and oxygen atoms in total. The van der Waals surface area contributed by atoms with Crippen molar-refractivity contribution in [2.45, 2.75) is 32.7 Å². The number of hydrazine groups is 1. The summed E-state index contributed by atoms with van der Waals surface area (Å²) in [6.07, 6.45) is 3.27. The van der Waals surface area contributed by atoms with E-state index >= 15 is 0 Å².